The summed E-state index contributed by atoms with van der Waals surface area (Å²) in [6.45, 7) is 3.07. The van der Waals surface area contributed by atoms with E-state index in [1.807, 2.05) is 0 Å². The van der Waals surface area contributed by atoms with Crippen LogP contribution in [0.2, 0.25) is 0 Å². The molecule has 80 valence electrons. The number of nitrogens with one attached hydrogen (secondary N) is 1. The first-order valence-corrected chi connectivity index (χ1v) is 4.69. The highest BCUT2D eigenvalue weighted by atomic mass is 16.4. The van der Waals surface area contributed by atoms with Gasteiger partial charge in [0.2, 0.25) is 5.91 Å². The third-order valence-corrected chi connectivity index (χ3v) is 2.63. The Kier molecular flexibility index (Phi) is 2.80. The zero-order chi connectivity index (χ0) is 10.9. The second-order valence-electron chi connectivity index (χ2n) is 4.06. The third-order valence-electron chi connectivity index (χ3n) is 2.63. The molecular weight excluding hydrogens is 184 g/mol. The van der Waals surface area contributed by atoms with Crippen LogP contribution in [0.15, 0.2) is 0 Å². The van der Waals surface area contributed by atoms with Gasteiger partial charge in [-0.1, -0.05) is 0 Å². The second kappa shape index (κ2) is 3.57. The molecule has 4 N–H and O–H groups in total. The predicted molar refractivity (Wildman–Crippen MR) is 50.6 cm³/mol. The second-order valence-corrected chi connectivity index (χ2v) is 4.06. The lowest BCUT2D eigenvalue weighted by Gasteiger charge is -2.26. The molecule has 0 aromatic carbocycles. The Morgan fingerprint density at radius 3 is 2.36 bits per heavy atom. The summed E-state index contributed by atoms with van der Waals surface area (Å²) < 4.78 is 0. The molecule has 1 aliphatic carbocycles. The molecule has 1 rings (SSSR count). The Morgan fingerprint density at radius 2 is 2.07 bits per heavy atom. The molecule has 0 heterocycles. The summed E-state index contributed by atoms with van der Waals surface area (Å²) in [5, 5.41) is 11.5. The molecule has 0 aliphatic heterocycles. The Morgan fingerprint density at radius 1 is 1.57 bits per heavy atom. The van der Waals surface area contributed by atoms with Gasteiger partial charge in [0, 0.05) is 0 Å². The fourth-order valence-corrected chi connectivity index (χ4v) is 1.36. The number of aliphatic carboxylic acids is 1. The minimum absolute atomic E-state index is 0.0442. The maximum atomic E-state index is 11.3. The Bertz CT molecular complexity index is 261. The van der Waals surface area contributed by atoms with Crippen molar-refractivity contribution in [1.29, 1.82) is 0 Å². The molecular formula is C9H16N2O3. The van der Waals surface area contributed by atoms with Gasteiger partial charge in [0.05, 0.1) is 6.04 Å². The standard InChI is InChI=1S/C9H16N2O3/c1-5(10)7(12)11-9(2,8(13)14)6-3-4-6/h5-6H,3-4,10H2,1-2H3,(H,11,12)(H,13,14)/t5-,9?/m1/s1. The maximum absolute atomic E-state index is 11.3. The van der Waals surface area contributed by atoms with E-state index in [1.54, 1.807) is 0 Å². The molecule has 1 aliphatic rings. The number of hydrogen-bond donors (Lipinski definition) is 3. The van der Waals surface area contributed by atoms with Crippen LogP contribution in [0.1, 0.15) is 26.7 Å². The Labute approximate surface area is 82.7 Å². The fourth-order valence-electron chi connectivity index (χ4n) is 1.36. The SMILES string of the molecule is C[C@@H](N)C(=O)NC(C)(C(=O)O)C1CC1. The van der Waals surface area contributed by atoms with Gasteiger partial charge in [0.1, 0.15) is 5.54 Å². The minimum Gasteiger partial charge on any atom is -0.480 e. The van der Waals surface area contributed by atoms with Gasteiger partial charge in [-0.3, -0.25) is 4.79 Å². The Hall–Kier alpha value is -1.10. The third kappa shape index (κ3) is 2.04. The number of amides is 1. The quantitative estimate of drug-likeness (QED) is 0.581. The van der Waals surface area contributed by atoms with Crippen LogP contribution in [-0.2, 0) is 9.59 Å². The van der Waals surface area contributed by atoms with Gasteiger partial charge in [-0.05, 0) is 32.6 Å². The fraction of sp³-hybridized carbons (Fsp3) is 0.778. The molecule has 0 bridgehead atoms. The van der Waals surface area contributed by atoms with Crippen LogP contribution >= 0.6 is 0 Å². The number of rotatable bonds is 4. The van der Waals surface area contributed by atoms with Crippen LogP contribution in [0.3, 0.4) is 0 Å². The van der Waals surface area contributed by atoms with E-state index in [4.69, 9.17) is 10.8 Å². The van der Waals surface area contributed by atoms with Crippen molar-refractivity contribution in [2.75, 3.05) is 0 Å². The van der Waals surface area contributed by atoms with Gasteiger partial charge >= 0.3 is 5.97 Å². The van der Waals surface area contributed by atoms with Crippen LogP contribution in [-0.4, -0.2) is 28.6 Å². The predicted octanol–water partition coefficient (Wildman–Crippen LogP) is -0.297. The van der Waals surface area contributed by atoms with E-state index < -0.39 is 23.5 Å². The highest BCUT2D eigenvalue weighted by Gasteiger charge is 2.48. The average molecular weight is 200 g/mol. The van der Waals surface area contributed by atoms with E-state index >= 15 is 0 Å². The summed E-state index contributed by atoms with van der Waals surface area (Å²) >= 11 is 0. The topological polar surface area (TPSA) is 92.4 Å². The van der Waals surface area contributed by atoms with E-state index in [1.165, 1.54) is 13.8 Å². The van der Waals surface area contributed by atoms with Gasteiger partial charge in [-0.15, -0.1) is 0 Å². The molecule has 0 aromatic heterocycles. The Balaban J connectivity index is 2.69. The largest absolute Gasteiger partial charge is 0.480 e. The zero-order valence-corrected chi connectivity index (χ0v) is 8.41. The van der Waals surface area contributed by atoms with Crippen LogP contribution in [0.25, 0.3) is 0 Å². The number of carbonyl (C=O) groups is 2. The van der Waals surface area contributed by atoms with Gasteiger partial charge in [-0.25, -0.2) is 4.79 Å². The van der Waals surface area contributed by atoms with Crippen LogP contribution < -0.4 is 11.1 Å². The maximum Gasteiger partial charge on any atom is 0.329 e. The summed E-state index contributed by atoms with van der Waals surface area (Å²) in [5.41, 5.74) is 4.21. The highest BCUT2D eigenvalue weighted by molar-refractivity contribution is 5.89. The number of carboxylic acid groups (broad SMARTS) is 1. The molecule has 5 heteroatoms. The summed E-state index contributed by atoms with van der Waals surface area (Å²) in [7, 11) is 0. The molecule has 1 unspecified atom stereocenters. The molecule has 1 saturated carbocycles. The molecule has 2 atom stereocenters. The van der Waals surface area contributed by atoms with Gasteiger partial charge < -0.3 is 16.2 Å². The lowest BCUT2D eigenvalue weighted by Crippen LogP contribution is -2.57. The van der Waals surface area contributed by atoms with Gasteiger partial charge in [-0.2, -0.15) is 0 Å². The van der Waals surface area contributed by atoms with Crippen molar-refractivity contribution in [3.63, 3.8) is 0 Å². The summed E-state index contributed by atoms with van der Waals surface area (Å²) in [6.07, 6.45) is 1.70. The van der Waals surface area contributed by atoms with Gasteiger partial charge in [0.25, 0.3) is 0 Å². The summed E-state index contributed by atoms with van der Waals surface area (Å²) in [6, 6.07) is -0.674. The molecule has 0 aromatic rings. The van der Waals surface area contributed by atoms with Gasteiger partial charge in [0.15, 0.2) is 0 Å². The van der Waals surface area contributed by atoms with E-state index in [9.17, 15) is 9.59 Å². The number of nitrogens with two attached hydrogens (primary N) is 1. The molecule has 14 heavy (non-hydrogen) atoms. The molecule has 1 amide bonds. The lowest BCUT2D eigenvalue weighted by molar-refractivity contribution is -0.148. The molecule has 0 spiro atoms. The molecule has 0 radical (unpaired) electrons. The van der Waals surface area contributed by atoms with Crippen molar-refractivity contribution in [2.45, 2.75) is 38.3 Å². The highest BCUT2D eigenvalue weighted by Crippen LogP contribution is 2.39. The number of carboxylic acids is 1. The van der Waals surface area contributed by atoms with E-state index in [0.29, 0.717) is 0 Å². The average Bonchev–Trinajstić information content (AvgIpc) is 2.85. The first kappa shape index (κ1) is 11.0. The van der Waals surface area contributed by atoms with Crippen LogP contribution in [0, 0.1) is 5.92 Å². The monoisotopic (exact) mass is 200 g/mol. The van der Waals surface area contributed by atoms with Crippen molar-refractivity contribution < 1.29 is 14.7 Å². The molecule has 0 saturated heterocycles. The molecule has 5 nitrogen and oxygen atoms in total. The first-order chi connectivity index (χ1) is 6.38. The lowest BCUT2D eigenvalue weighted by atomic mass is 9.95. The van der Waals surface area contributed by atoms with E-state index in [0.717, 1.165) is 12.8 Å². The van der Waals surface area contributed by atoms with E-state index in [-0.39, 0.29) is 5.92 Å². The van der Waals surface area contributed by atoms with Crippen molar-refractivity contribution >= 4 is 11.9 Å². The first-order valence-electron chi connectivity index (χ1n) is 4.69. The van der Waals surface area contributed by atoms with Crippen LogP contribution in [0.4, 0.5) is 0 Å². The summed E-state index contributed by atoms with van der Waals surface area (Å²) in [5.74, 6) is -1.36. The van der Waals surface area contributed by atoms with Crippen molar-refractivity contribution in [3.05, 3.63) is 0 Å². The van der Waals surface area contributed by atoms with Crippen LogP contribution in [0.5, 0.6) is 0 Å². The number of carbonyl (C=O) groups excluding carboxylic acids is 1. The smallest absolute Gasteiger partial charge is 0.329 e. The van der Waals surface area contributed by atoms with Crippen molar-refractivity contribution in [1.82, 2.24) is 5.32 Å². The van der Waals surface area contributed by atoms with Crippen molar-refractivity contribution in [2.24, 2.45) is 11.7 Å². The zero-order valence-electron chi connectivity index (χ0n) is 8.41. The van der Waals surface area contributed by atoms with E-state index in [2.05, 4.69) is 5.32 Å². The minimum atomic E-state index is -1.15. The van der Waals surface area contributed by atoms with Crippen molar-refractivity contribution in [3.8, 4) is 0 Å². The normalized spacial score (nSPS) is 22.2. The summed E-state index contributed by atoms with van der Waals surface area (Å²) in [4.78, 5) is 22.3. The molecule has 1 fully saturated rings. The number of hydrogen-bond acceptors (Lipinski definition) is 3.